The summed E-state index contributed by atoms with van der Waals surface area (Å²) >= 11 is 0. The van der Waals surface area contributed by atoms with Crippen LogP contribution >= 0.6 is 0 Å². The minimum atomic E-state index is -0.117. The van der Waals surface area contributed by atoms with Crippen LogP contribution in [-0.4, -0.2) is 77.3 Å². The van der Waals surface area contributed by atoms with E-state index in [9.17, 15) is 4.79 Å². The fraction of sp³-hybridized carbons (Fsp3) is 0.348. The first-order chi connectivity index (χ1) is 15.6. The molecule has 0 atom stereocenters. The van der Waals surface area contributed by atoms with Crippen LogP contribution in [0.1, 0.15) is 16.8 Å². The number of hydrogen-bond acceptors (Lipinski definition) is 6. The highest BCUT2D eigenvalue weighted by Crippen LogP contribution is 2.29. The number of piperazine rings is 1. The average Bonchev–Trinajstić information content (AvgIpc) is 3.42. The number of amides is 1. The first-order valence-corrected chi connectivity index (χ1v) is 11.0. The molecular weight excluding hydrogens is 404 g/mol. The highest BCUT2D eigenvalue weighted by Gasteiger charge is 2.17. The summed E-state index contributed by atoms with van der Waals surface area (Å²) in [6.45, 7) is 5.27. The quantitative estimate of drug-likeness (QED) is 0.346. The molecule has 0 aliphatic carbocycles. The highest BCUT2D eigenvalue weighted by molar-refractivity contribution is 6.01. The molecular formula is C23H28N8O. The second-order valence-corrected chi connectivity index (χ2v) is 8.31. The van der Waals surface area contributed by atoms with Gasteiger partial charge in [-0.3, -0.25) is 9.89 Å². The lowest BCUT2D eigenvalue weighted by molar-refractivity contribution is 0.0953. The van der Waals surface area contributed by atoms with Gasteiger partial charge in [0.05, 0.1) is 16.6 Å². The smallest absolute Gasteiger partial charge is 0.251 e. The van der Waals surface area contributed by atoms with E-state index in [1.54, 1.807) is 6.07 Å². The van der Waals surface area contributed by atoms with Crippen molar-refractivity contribution in [2.45, 2.75) is 6.42 Å². The van der Waals surface area contributed by atoms with Gasteiger partial charge in [0.2, 0.25) is 0 Å². The van der Waals surface area contributed by atoms with Gasteiger partial charge in [-0.1, -0.05) is 0 Å². The number of carbonyl (C=O) groups excluding carboxylic acids is 1. The molecule has 2 aromatic carbocycles. The molecule has 1 aliphatic rings. The fourth-order valence-corrected chi connectivity index (χ4v) is 4.11. The summed E-state index contributed by atoms with van der Waals surface area (Å²) in [6, 6.07) is 11.9. The minimum Gasteiger partial charge on any atom is -0.369 e. The first kappa shape index (κ1) is 20.5. The number of hydrogen-bond donors (Lipinski definition) is 4. The van der Waals surface area contributed by atoms with Gasteiger partial charge in [-0.15, -0.1) is 0 Å². The molecule has 5 N–H and O–H groups in total. The molecule has 0 spiro atoms. The van der Waals surface area contributed by atoms with Crippen molar-refractivity contribution < 1.29 is 4.79 Å². The monoisotopic (exact) mass is 432 g/mol. The summed E-state index contributed by atoms with van der Waals surface area (Å²) in [5, 5.41) is 11.3. The molecule has 0 radical (unpaired) electrons. The van der Waals surface area contributed by atoms with E-state index in [4.69, 9.17) is 10.7 Å². The van der Waals surface area contributed by atoms with Gasteiger partial charge in [0.15, 0.2) is 5.82 Å². The van der Waals surface area contributed by atoms with Crippen LogP contribution in [0.25, 0.3) is 33.5 Å². The third kappa shape index (κ3) is 3.92. The zero-order chi connectivity index (χ0) is 22.1. The number of aromatic amines is 2. The van der Waals surface area contributed by atoms with Crippen LogP contribution in [0.3, 0.4) is 0 Å². The number of likely N-dealkylation sites (N-methyl/N-ethyl adjacent to an activating group) is 1. The van der Waals surface area contributed by atoms with Crippen LogP contribution in [0.4, 0.5) is 5.69 Å². The van der Waals surface area contributed by atoms with Crippen LogP contribution in [0.5, 0.6) is 0 Å². The van der Waals surface area contributed by atoms with Gasteiger partial charge in [0.25, 0.3) is 5.91 Å². The maximum absolute atomic E-state index is 12.5. The number of nitrogens with zero attached hydrogens (tertiary/aromatic N) is 4. The van der Waals surface area contributed by atoms with Crippen LogP contribution in [-0.2, 0) is 0 Å². The lowest BCUT2D eigenvalue weighted by Gasteiger charge is -2.34. The lowest BCUT2D eigenvalue weighted by atomic mass is 10.1. The molecule has 1 amide bonds. The van der Waals surface area contributed by atoms with Gasteiger partial charge < -0.3 is 25.8 Å². The minimum absolute atomic E-state index is 0.117. The summed E-state index contributed by atoms with van der Waals surface area (Å²) in [4.78, 5) is 25.4. The van der Waals surface area contributed by atoms with Crippen molar-refractivity contribution >= 4 is 33.5 Å². The predicted octanol–water partition coefficient (Wildman–Crippen LogP) is 1.94. The molecule has 9 nitrogen and oxygen atoms in total. The number of aromatic nitrogens is 4. The number of benzene rings is 2. The Morgan fingerprint density at radius 1 is 1.12 bits per heavy atom. The Balaban J connectivity index is 1.44. The van der Waals surface area contributed by atoms with Crippen LogP contribution in [0, 0.1) is 0 Å². The second kappa shape index (κ2) is 8.60. The van der Waals surface area contributed by atoms with Crippen LogP contribution in [0.15, 0.2) is 36.4 Å². The Kier molecular flexibility index (Phi) is 5.50. The summed E-state index contributed by atoms with van der Waals surface area (Å²) in [5.41, 5.74) is 10.7. The molecule has 32 heavy (non-hydrogen) atoms. The SMILES string of the molecule is CN1CCN(c2ccc3nc(-c4n[nH]c5ccc(C(=O)NCCCN)cc45)[nH]c3c2)CC1. The molecule has 1 aliphatic heterocycles. The Morgan fingerprint density at radius 3 is 2.78 bits per heavy atom. The number of rotatable bonds is 6. The molecule has 3 heterocycles. The topological polar surface area (TPSA) is 119 Å². The van der Waals surface area contributed by atoms with Crippen LogP contribution < -0.4 is 16.0 Å². The second-order valence-electron chi connectivity index (χ2n) is 8.31. The summed E-state index contributed by atoms with van der Waals surface area (Å²) in [6.07, 6.45) is 0.750. The number of nitrogens with two attached hydrogens (primary N) is 1. The Bertz CT molecular complexity index is 1250. The van der Waals surface area contributed by atoms with Gasteiger partial charge in [-0.2, -0.15) is 5.10 Å². The first-order valence-electron chi connectivity index (χ1n) is 11.0. The largest absolute Gasteiger partial charge is 0.369 e. The predicted molar refractivity (Wildman–Crippen MR) is 127 cm³/mol. The van der Waals surface area contributed by atoms with E-state index in [2.05, 4.69) is 49.5 Å². The van der Waals surface area contributed by atoms with E-state index < -0.39 is 0 Å². The molecule has 0 saturated carbocycles. The van der Waals surface area contributed by atoms with Gasteiger partial charge in [0, 0.05) is 49.4 Å². The van der Waals surface area contributed by atoms with Crippen molar-refractivity contribution in [3.05, 3.63) is 42.0 Å². The maximum Gasteiger partial charge on any atom is 0.251 e. The highest BCUT2D eigenvalue weighted by atomic mass is 16.1. The van der Waals surface area contributed by atoms with Crippen molar-refractivity contribution in [1.29, 1.82) is 0 Å². The number of fused-ring (bicyclic) bond motifs is 2. The Hall–Kier alpha value is -3.43. The number of carbonyl (C=O) groups is 1. The van der Waals surface area contributed by atoms with Gasteiger partial charge in [-0.25, -0.2) is 4.98 Å². The average molecular weight is 433 g/mol. The van der Waals surface area contributed by atoms with Crippen molar-refractivity contribution in [3.63, 3.8) is 0 Å². The van der Waals surface area contributed by atoms with Gasteiger partial charge in [0.1, 0.15) is 5.69 Å². The molecule has 9 heteroatoms. The zero-order valence-corrected chi connectivity index (χ0v) is 18.2. The fourth-order valence-electron chi connectivity index (χ4n) is 4.11. The normalized spacial score (nSPS) is 15.0. The zero-order valence-electron chi connectivity index (χ0n) is 18.2. The molecule has 1 fully saturated rings. The molecule has 2 aromatic heterocycles. The number of nitrogens with one attached hydrogen (secondary N) is 3. The van der Waals surface area contributed by atoms with E-state index in [1.165, 1.54) is 5.69 Å². The molecule has 1 saturated heterocycles. The van der Waals surface area contributed by atoms with Crippen LogP contribution in [0.2, 0.25) is 0 Å². The van der Waals surface area contributed by atoms with Crippen molar-refractivity contribution in [2.75, 3.05) is 51.2 Å². The van der Waals surface area contributed by atoms with E-state index in [0.29, 0.717) is 30.2 Å². The van der Waals surface area contributed by atoms with Crippen molar-refractivity contribution in [1.82, 2.24) is 30.4 Å². The van der Waals surface area contributed by atoms with E-state index in [-0.39, 0.29) is 5.91 Å². The summed E-state index contributed by atoms with van der Waals surface area (Å²) in [5.74, 6) is 0.566. The van der Waals surface area contributed by atoms with E-state index in [0.717, 1.165) is 54.5 Å². The Morgan fingerprint density at radius 2 is 1.97 bits per heavy atom. The van der Waals surface area contributed by atoms with Gasteiger partial charge in [-0.05, 0) is 56.4 Å². The van der Waals surface area contributed by atoms with E-state index in [1.807, 2.05) is 18.2 Å². The van der Waals surface area contributed by atoms with Crippen molar-refractivity contribution in [3.8, 4) is 11.5 Å². The number of imidazole rings is 1. The molecule has 5 rings (SSSR count). The summed E-state index contributed by atoms with van der Waals surface area (Å²) < 4.78 is 0. The van der Waals surface area contributed by atoms with Crippen molar-refractivity contribution in [2.24, 2.45) is 5.73 Å². The molecule has 0 unspecified atom stereocenters. The molecule has 166 valence electrons. The third-order valence-corrected chi connectivity index (χ3v) is 6.05. The lowest BCUT2D eigenvalue weighted by Crippen LogP contribution is -2.44. The van der Waals surface area contributed by atoms with E-state index >= 15 is 0 Å². The number of anilines is 1. The number of H-pyrrole nitrogens is 2. The standard InChI is InChI=1S/C23H28N8O/c1-30-9-11-31(12-10-30)16-4-6-19-20(14-16)27-22(26-19)21-17-13-15(3-5-18(17)28-29-21)23(32)25-8-2-7-24/h3-6,13-14H,2,7-12,24H2,1H3,(H,25,32)(H,26,27)(H,28,29). The molecule has 0 bridgehead atoms. The maximum atomic E-state index is 12.5. The molecule has 4 aromatic rings. The third-order valence-electron chi connectivity index (χ3n) is 6.05. The summed E-state index contributed by atoms with van der Waals surface area (Å²) in [7, 11) is 2.16. The van der Waals surface area contributed by atoms with Gasteiger partial charge >= 0.3 is 0 Å². The Labute approximate surface area is 186 Å².